The minimum absolute atomic E-state index is 0.153. The number of carbonyl (C=O) groups is 4. The van der Waals surface area contributed by atoms with Crippen molar-refractivity contribution in [2.45, 2.75) is 56.8 Å². The number of thiazole rings is 1. The van der Waals surface area contributed by atoms with Gasteiger partial charge in [-0.3, -0.25) is 14.5 Å². The molecule has 0 aromatic carbocycles. The number of nitrogens with zero attached hydrogens (tertiary/aromatic N) is 3. The molecule has 1 fully saturated rings. The van der Waals surface area contributed by atoms with Crippen LogP contribution in [-0.4, -0.2) is 82.8 Å². The molecule has 0 radical (unpaired) electrons. The molecule has 2 aliphatic heterocycles. The molecule has 1 aromatic heterocycles. The summed E-state index contributed by atoms with van der Waals surface area (Å²) in [5, 5.41) is 7.05. The molecule has 4 atom stereocenters. The molecule has 14 nitrogen and oxygen atoms in total. The lowest BCUT2D eigenvalue weighted by molar-refractivity contribution is -0.170. The van der Waals surface area contributed by atoms with Gasteiger partial charge in [0, 0.05) is 12.3 Å². The van der Waals surface area contributed by atoms with E-state index in [-0.39, 0.29) is 33.2 Å². The number of anilines is 1. The molecule has 2 unspecified atom stereocenters. The second kappa shape index (κ2) is 11.7. The zero-order valence-electron chi connectivity index (χ0n) is 20.9. The summed E-state index contributed by atoms with van der Waals surface area (Å²) in [4.78, 5) is 60.8. The van der Waals surface area contributed by atoms with Gasteiger partial charge in [-0.05, 0) is 20.8 Å². The molecule has 1 aromatic rings. The van der Waals surface area contributed by atoms with Crippen LogP contribution in [-0.2, 0) is 38.2 Å². The van der Waals surface area contributed by atoms with E-state index < -0.39 is 47.7 Å². The summed E-state index contributed by atoms with van der Waals surface area (Å²) in [6.07, 6.45) is -2.75. The Bertz CT molecular complexity index is 1140. The molecule has 0 aliphatic carbocycles. The Morgan fingerprint density at radius 1 is 1.19 bits per heavy atom. The van der Waals surface area contributed by atoms with Crippen molar-refractivity contribution in [2.24, 2.45) is 5.16 Å². The van der Waals surface area contributed by atoms with E-state index in [2.05, 4.69) is 15.5 Å². The summed E-state index contributed by atoms with van der Waals surface area (Å²) in [7, 11) is 2.62. The number of esters is 1. The van der Waals surface area contributed by atoms with Crippen LogP contribution in [0.15, 0.2) is 22.0 Å². The number of hydrogen-bond acceptors (Lipinski definition) is 14. The zero-order valence-corrected chi connectivity index (χ0v) is 22.5. The Morgan fingerprint density at radius 2 is 1.89 bits per heavy atom. The zero-order chi connectivity index (χ0) is 27.4. The third kappa shape index (κ3) is 6.07. The molecule has 3 heterocycles. The van der Waals surface area contributed by atoms with Crippen molar-refractivity contribution in [3.63, 3.8) is 0 Å². The molecule has 3 N–H and O–H groups in total. The van der Waals surface area contributed by atoms with Crippen LogP contribution < -0.4 is 11.1 Å². The molecule has 202 valence electrons. The Kier molecular flexibility index (Phi) is 8.85. The fourth-order valence-electron chi connectivity index (χ4n) is 3.51. The highest BCUT2D eigenvalue weighted by Crippen LogP contribution is 2.44. The highest BCUT2D eigenvalue weighted by molar-refractivity contribution is 8.00. The minimum atomic E-state index is -1.31. The number of β-lactam (4-membered cyclic amide) rings is 1. The van der Waals surface area contributed by atoms with Gasteiger partial charge in [-0.25, -0.2) is 14.6 Å². The van der Waals surface area contributed by atoms with Gasteiger partial charge in [0.1, 0.15) is 30.0 Å². The number of amides is 2. The van der Waals surface area contributed by atoms with Crippen molar-refractivity contribution in [1.82, 2.24) is 15.2 Å². The Balaban J connectivity index is 1.76. The molecular weight excluding hydrogens is 530 g/mol. The number of hydrogen-bond donors (Lipinski definition) is 2. The van der Waals surface area contributed by atoms with E-state index in [0.29, 0.717) is 0 Å². The SMILES string of the molecule is CO/N=C(\C(=O)N[C@@H]1C(=O)N2C(C(=O)OC(C)OC(=O)OC(C)C)=C(OC)C(C)S[C@H]12)c1csc(N)n1. The van der Waals surface area contributed by atoms with Gasteiger partial charge >= 0.3 is 12.1 Å². The van der Waals surface area contributed by atoms with Crippen molar-refractivity contribution in [3.05, 3.63) is 22.5 Å². The van der Waals surface area contributed by atoms with E-state index in [4.69, 9.17) is 29.5 Å². The van der Waals surface area contributed by atoms with Gasteiger partial charge in [0.15, 0.2) is 16.5 Å². The minimum Gasteiger partial charge on any atom is -0.497 e. The summed E-state index contributed by atoms with van der Waals surface area (Å²) >= 11 is 2.41. The summed E-state index contributed by atoms with van der Waals surface area (Å²) in [5.41, 5.74) is 5.52. The summed E-state index contributed by atoms with van der Waals surface area (Å²) < 4.78 is 20.4. The van der Waals surface area contributed by atoms with Crippen molar-refractivity contribution in [1.29, 1.82) is 0 Å². The molecule has 3 rings (SSSR count). The second-order valence-electron chi connectivity index (χ2n) is 7.95. The number of nitrogens with one attached hydrogen (secondary N) is 1. The first kappa shape index (κ1) is 28.0. The van der Waals surface area contributed by atoms with Crippen LogP contribution in [0.25, 0.3) is 0 Å². The van der Waals surface area contributed by atoms with Gasteiger partial charge in [0.2, 0.25) is 6.29 Å². The molecule has 2 amide bonds. The monoisotopic (exact) mass is 557 g/mol. The van der Waals surface area contributed by atoms with Crippen LogP contribution in [0, 0.1) is 0 Å². The number of nitrogen functional groups attached to an aromatic ring is 1. The van der Waals surface area contributed by atoms with E-state index in [0.717, 1.165) is 11.3 Å². The summed E-state index contributed by atoms with van der Waals surface area (Å²) in [5.74, 6) is -2.05. The maximum atomic E-state index is 13.1. The van der Waals surface area contributed by atoms with E-state index in [1.54, 1.807) is 20.8 Å². The summed E-state index contributed by atoms with van der Waals surface area (Å²) in [6, 6.07) is -0.992. The van der Waals surface area contributed by atoms with Crippen LogP contribution in [0.3, 0.4) is 0 Å². The fraction of sp³-hybridized carbons (Fsp3) is 0.524. The lowest BCUT2D eigenvalue weighted by Gasteiger charge is -2.50. The maximum absolute atomic E-state index is 13.1. The molecule has 16 heteroatoms. The lowest BCUT2D eigenvalue weighted by atomic mass is 10.0. The number of ether oxygens (including phenoxy) is 4. The Morgan fingerprint density at radius 3 is 2.46 bits per heavy atom. The number of nitrogens with two attached hydrogens (primary N) is 1. The first-order valence-electron chi connectivity index (χ1n) is 11.0. The molecule has 0 bridgehead atoms. The van der Waals surface area contributed by atoms with Gasteiger partial charge in [-0.15, -0.1) is 23.1 Å². The first-order valence-corrected chi connectivity index (χ1v) is 12.8. The van der Waals surface area contributed by atoms with Crippen molar-refractivity contribution in [3.8, 4) is 0 Å². The highest BCUT2D eigenvalue weighted by Gasteiger charge is 2.57. The van der Waals surface area contributed by atoms with Crippen LogP contribution in [0.2, 0.25) is 0 Å². The molecule has 37 heavy (non-hydrogen) atoms. The quantitative estimate of drug-likeness (QED) is 0.146. The number of rotatable bonds is 9. The standard InChI is InChI=1S/C21H27N5O9S2/c1-8(2)33-21(30)35-10(4)34-19(29)14-15(31-5)9(3)37-18-13(17(28)26(14)18)24-16(27)12(25-32-6)11-7-36-20(22)23-11/h7-10,13,18H,1-6H3,(H2,22,23)(H,24,27)/b25-12-/t9?,10?,13-,18-/m1/s1. The average molecular weight is 558 g/mol. The van der Waals surface area contributed by atoms with Crippen LogP contribution >= 0.6 is 23.1 Å². The van der Waals surface area contributed by atoms with Gasteiger partial charge in [-0.1, -0.05) is 5.16 Å². The number of aromatic nitrogens is 1. The number of oxime groups is 1. The normalized spacial score (nSPS) is 22.0. The van der Waals surface area contributed by atoms with Crippen LogP contribution in [0.5, 0.6) is 0 Å². The number of carbonyl (C=O) groups excluding carboxylic acids is 4. The van der Waals surface area contributed by atoms with E-state index in [1.165, 1.54) is 43.2 Å². The summed E-state index contributed by atoms with van der Waals surface area (Å²) in [6.45, 7) is 6.37. The molecular formula is C21H27N5O9S2. The van der Waals surface area contributed by atoms with Crippen molar-refractivity contribution in [2.75, 3.05) is 20.0 Å². The van der Waals surface area contributed by atoms with Crippen LogP contribution in [0.4, 0.5) is 9.93 Å². The Hall–Kier alpha value is -3.53. The molecule has 0 spiro atoms. The number of fused-ring (bicyclic) bond motifs is 1. The third-order valence-corrected chi connectivity index (χ3v) is 7.02. The molecule has 1 saturated heterocycles. The third-order valence-electron chi connectivity index (χ3n) is 4.96. The predicted octanol–water partition coefficient (Wildman–Crippen LogP) is 1.17. The smallest absolute Gasteiger partial charge is 0.497 e. The highest BCUT2D eigenvalue weighted by atomic mass is 32.2. The van der Waals surface area contributed by atoms with Gasteiger partial charge in [0.05, 0.1) is 18.5 Å². The largest absolute Gasteiger partial charge is 0.511 e. The van der Waals surface area contributed by atoms with Gasteiger partial charge in [0.25, 0.3) is 11.8 Å². The maximum Gasteiger partial charge on any atom is 0.511 e. The lowest BCUT2D eigenvalue weighted by Crippen LogP contribution is -2.71. The van der Waals surface area contributed by atoms with Crippen molar-refractivity contribution < 1.29 is 43.0 Å². The number of thioether (sulfide) groups is 1. The van der Waals surface area contributed by atoms with Gasteiger partial charge in [-0.2, -0.15) is 0 Å². The molecule has 2 aliphatic rings. The first-order chi connectivity index (χ1) is 17.5. The van der Waals surface area contributed by atoms with E-state index in [1.807, 2.05) is 0 Å². The molecule has 0 saturated carbocycles. The van der Waals surface area contributed by atoms with Crippen molar-refractivity contribution >= 4 is 57.9 Å². The average Bonchev–Trinajstić information content (AvgIpc) is 3.24. The van der Waals surface area contributed by atoms with E-state index in [9.17, 15) is 19.2 Å². The number of methoxy groups -OCH3 is 1. The predicted molar refractivity (Wildman–Crippen MR) is 132 cm³/mol. The fourth-order valence-corrected chi connectivity index (χ4v) is 5.48. The van der Waals surface area contributed by atoms with E-state index >= 15 is 0 Å². The topological polar surface area (TPSA) is 181 Å². The van der Waals surface area contributed by atoms with Gasteiger partial charge < -0.3 is 34.8 Å². The second-order valence-corrected chi connectivity index (χ2v) is 10.3. The Labute approximate surface area is 220 Å². The van der Waals surface area contributed by atoms with Crippen LogP contribution in [0.1, 0.15) is 33.4 Å².